The van der Waals surface area contributed by atoms with Gasteiger partial charge in [0.2, 0.25) is 5.91 Å². The fraction of sp³-hybridized carbons (Fsp3) is 0.143. The molecule has 94 valence electrons. The Hall–Kier alpha value is -2.36. The molecule has 0 atom stereocenters. The summed E-state index contributed by atoms with van der Waals surface area (Å²) in [6.45, 7) is 2.46. The summed E-state index contributed by atoms with van der Waals surface area (Å²) in [5.74, 6) is -1.11. The van der Waals surface area contributed by atoms with Crippen LogP contribution in [0.2, 0.25) is 0 Å². The van der Waals surface area contributed by atoms with Crippen LogP contribution in [0.5, 0.6) is 0 Å². The quantitative estimate of drug-likeness (QED) is 0.779. The number of hydrogen-bond acceptors (Lipinski definition) is 2. The molecule has 0 aliphatic heterocycles. The zero-order valence-electron chi connectivity index (χ0n) is 10.1. The molecule has 0 saturated heterocycles. The van der Waals surface area contributed by atoms with Crippen LogP contribution in [-0.2, 0) is 9.59 Å². The minimum atomic E-state index is -0.977. The fourth-order valence-corrected chi connectivity index (χ4v) is 1.29. The molecule has 0 radical (unpaired) electrons. The van der Waals surface area contributed by atoms with Gasteiger partial charge in [-0.05, 0) is 30.2 Å². The SMILES string of the molecule is CCNC(=O)/C=C/c1ccc(/C=C/C(=O)O)cc1. The average molecular weight is 245 g/mol. The minimum absolute atomic E-state index is 0.132. The first-order chi connectivity index (χ1) is 8.61. The third-order valence-corrected chi connectivity index (χ3v) is 2.13. The maximum absolute atomic E-state index is 11.2. The summed E-state index contributed by atoms with van der Waals surface area (Å²) >= 11 is 0. The van der Waals surface area contributed by atoms with Gasteiger partial charge in [-0.25, -0.2) is 4.79 Å². The van der Waals surface area contributed by atoms with E-state index in [0.29, 0.717) is 6.54 Å². The number of nitrogens with one attached hydrogen (secondary N) is 1. The van der Waals surface area contributed by atoms with Gasteiger partial charge in [-0.3, -0.25) is 4.79 Å². The first-order valence-electron chi connectivity index (χ1n) is 5.59. The molecule has 0 saturated carbocycles. The number of carboxylic acid groups (broad SMARTS) is 1. The monoisotopic (exact) mass is 245 g/mol. The number of amides is 1. The van der Waals surface area contributed by atoms with Crippen LogP contribution in [0.25, 0.3) is 12.2 Å². The van der Waals surface area contributed by atoms with Crippen LogP contribution < -0.4 is 5.32 Å². The number of carboxylic acids is 1. The molecule has 0 fully saturated rings. The van der Waals surface area contributed by atoms with Crippen molar-refractivity contribution in [1.82, 2.24) is 5.32 Å². The molecular weight excluding hydrogens is 230 g/mol. The van der Waals surface area contributed by atoms with Crippen molar-refractivity contribution in [2.24, 2.45) is 0 Å². The second-order valence-corrected chi connectivity index (χ2v) is 3.57. The predicted molar refractivity (Wildman–Crippen MR) is 70.8 cm³/mol. The molecule has 0 heterocycles. The highest BCUT2D eigenvalue weighted by molar-refractivity contribution is 5.91. The summed E-state index contributed by atoms with van der Waals surface area (Å²) in [5.41, 5.74) is 1.68. The van der Waals surface area contributed by atoms with Gasteiger partial charge in [-0.2, -0.15) is 0 Å². The van der Waals surface area contributed by atoms with Gasteiger partial charge in [0.15, 0.2) is 0 Å². The second kappa shape index (κ2) is 7.06. The average Bonchev–Trinajstić information content (AvgIpc) is 2.35. The normalized spacial score (nSPS) is 10.9. The summed E-state index contributed by atoms with van der Waals surface area (Å²) in [6, 6.07) is 7.21. The van der Waals surface area contributed by atoms with Crippen molar-refractivity contribution in [3.8, 4) is 0 Å². The fourth-order valence-electron chi connectivity index (χ4n) is 1.29. The van der Waals surface area contributed by atoms with Crippen LogP contribution in [0, 0.1) is 0 Å². The molecule has 1 aromatic carbocycles. The van der Waals surface area contributed by atoms with Crippen molar-refractivity contribution in [2.75, 3.05) is 6.54 Å². The number of aliphatic carboxylic acids is 1. The molecule has 0 aliphatic carbocycles. The van der Waals surface area contributed by atoms with Crippen molar-refractivity contribution in [3.63, 3.8) is 0 Å². The van der Waals surface area contributed by atoms with Crippen LogP contribution in [0.1, 0.15) is 18.1 Å². The van der Waals surface area contributed by atoms with Crippen LogP contribution in [0.4, 0.5) is 0 Å². The Balaban J connectivity index is 2.65. The van der Waals surface area contributed by atoms with Gasteiger partial charge < -0.3 is 10.4 Å². The molecule has 0 aliphatic rings. The molecule has 4 nitrogen and oxygen atoms in total. The Morgan fingerprint density at radius 3 is 2.06 bits per heavy atom. The van der Waals surface area contributed by atoms with Gasteiger partial charge in [-0.1, -0.05) is 24.3 Å². The minimum Gasteiger partial charge on any atom is -0.478 e. The van der Waals surface area contributed by atoms with E-state index in [1.54, 1.807) is 18.2 Å². The van der Waals surface area contributed by atoms with E-state index in [2.05, 4.69) is 5.32 Å². The molecular formula is C14H15NO3. The van der Waals surface area contributed by atoms with Crippen molar-refractivity contribution in [3.05, 3.63) is 47.5 Å². The number of likely N-dealkylation sites (N-methyl/N-ethyl adjacent to an activating group) is 1. The van der Waals surface area contributed by atoms with Crippen molar-refractivity contribution in [2.45, 2.75) is 6.92 Å². The largest absolute Gasteiger partial charge is 0.478 e. The lowest BCUT2D eigenvalue weighted by Crippen LogP contribution is -2.19. The van der Waals surface area contributed by atoms with E-state index in [0.717, 1.165) is 17.2 Å². The van der Waals surface area contributed by atoms with E-state index in [1.807, 2.05) is 19.1 Å². The van der Waals surface area contributed by atoms with Crippen molar-refractivity contribution < 1.29 is 14.7 Å². The third-order valence-electron chi connectivity index (χ3n) is 2.13. The van der Waals surface area contributed by atoms with Gasteiger partial charge in [0.1, 0.15) is 0 Å². The maximum Gasteiger partial charge on any atom is 0.328 e. The Morgan fingerprint density at radius 2 is 1.61 bits per heavy atom. The van der Waals surface area contributed by atoms with E-state index in [-0.39, 0.29) is 5.91 Å². The number of carbonyl (C=O) groups excluding carboxylic acids is 1. The van der Waals surface area contributed by atoms with Gasteiger partial charge in [0.05, 0.1) is 0 Å². The Kier molecular flexibility index (Phi) is 5.38. The molecule has 0 spiro atoms. The van der Waals surface area contributed by atoms with E-state index in [9.17, 15) is 9.59 Å². The summed E-state index contributed by atoms with van der Waals surface area (Å²) in [6.07, 6.45) is 5.76. The van der Waals surface area contributed by atoms with Crippen LogP contribution in [0.15, 0.2) is 36.4 Å². The lowest BCUT2D eigenvalue weighted by molar-refractivity contribution is -0.131. The Bertz CT molecular complexity index is 472. The first kappa shape index (κ1) is 13.7. The predicted octanol–water partition coefficient (Wildman–Crippen LogP) is 1.93. The molecule has 4 heteroatoms. The second-order valence-electron chi connectivity index (χ2n) is 3.57. The van der Waals surface area contributed by atoms with E-state index in [4.69, 9.17) is 5.11 Å². The summed E-state index contributed by atoms with van der Waals surface area (Å²) in [7, 11) is 0. The van der Waals surface area contributed by atoms with Crippen LogP contribution in [-0.4, -0.2) is 23.5 Å². The highest BCUT2D eigenvalue weighted by atomic mass is 16.4. The smallest absolute Gasteiger partial charge is 0.328 e. The standard InChI is InChI=1S/C14H15NO3/c1-2-15-13(16)9-7-11-3-5-12(6-4-11)8-10-14(17)18/h3-10H,2H2,1H3,(H,15,16)(H,17,18)/b9-7+,10-8+. The molecule has 0 unspecified atom stereocenters. The molecule has 18 heavy (non-hydrogen) atoms. The van der Waals surface area contributed by atoms with Crippen LogP contribution in [0.3, 0.4) is 0 Å². The molecule has 0 bridgehead atoms. The molecule has 1 rings (SSSR count). The Labute approximate surface area is 106 Å². The first-order valence-corrected chi connectivity index (χ1v) is 5.59. The number of rotatable bonds is 5. The number of carbonyl (C=O) groups is 2. The molecule has 1 amide bonds. The maximum atomic E-state index is 11.2. The van der Waals surface area contributed by atoms with Gasteiger partial charge in [-0.15, -0.1) is 0 Å². The topological polar surface area (TPSA) is 66.4 Å². The van der Waals surface area contributed by atoms with Gasteiger partial charge >= 0.3 is 5.97 Å². The zero-order chi connectivity index (χ0) is 13.4. The lowest BCUT2D eigenvalue weighted by Gasteiger charge is -1.97. The zero-order valence-corrected chi connectivity index (χ0v) is 10.1. The van der Waals surface area contributed by atoms with E-state index in [1.165, 1.54) is 12.2 Å². The summed E-state index contributed by atoms with van der Waals surface area (Å²) in [4.78, 5) is 21.5. The third kappa shape index (κ3) is 5.12. The highest BCUT2D eigenvalue weighted by Gasteiger charge is 1.93. The van der Waals surface area contributed by atoms with Crippen molar-refractivity contribution in [1.29, 1.82) is 0 Å². The van der Waals surface area contributed by atoms with Crippen molar-refractivity contribution >= 4 is 24.0 Å². The number of benzene rings is 1. The van der Waals surface area contributed by atoms with E-state index >= 15 is 0 Å². The molecule has 0 aromatic heterocycles. The van der Waals surface area contributed by atoms with Gasteiger partial charge in [0.25, 0.3) is 0 Å². The summed E-state index contributed by atoms with van der Waals surface area (Å²) in [5, 5.41) is 11.1. The lowest BCUT2D eigenvalue weighted by atomic mass is 10.1. The molecule has 1 aromatic rings. The molecule has 2 N–H and O–H groups in total. The number of hydrogen-bond donors (Lipinski definition) is 2. The highest BCUT2D eigenvalue weighted by Crippen LogP contribution is 2.07. The summed E-state index contributed by atoms with van der Waals surface area (Å²) < 4.78 is 0. The van der Waals surface area contributed by atoms with Crippen LogP contribution >= 0.6 is 0 Å². The Morgan fingerprint density at radius 1 is 1.11 bits per heavy atom. The van der Waals surface area contributed by atoms with E-state index < -0.39 is 5.97 Å². The van der Waals surface area contributed by atoms with Gasteiger partial charge in [0, 0.05) is 18.7 Å².